The number of rotatable bonds is 6. The van der Waals surface area contributed by atoms with Crippen molar-refractivity contribution < 1.29 is 23.7 Å². The molecule has 2 aromatic rings. The van der Waals surface area contributed by atoms with E-state index in [2.05, 4.69) is 0 Å². The summed E-state index contributed by atoms with van der Waals surface area (Å²) in [4.78, 5) is 15.6. The number of carbonyl (C=O) groups is 1. The Morgan fingerprint density at radius 2 is 1.71 bits per heavy atom. The number of nitrogens with zero attached hydrogens (tertiary/aromatic N) is 1. The number of hydrogen-bond donors (Lipinski definition) is 0. The van der Waals surface area contributed by atoms with Crippen LogP contribution in [0.2, 0.25) is 0 Å². The average molecular weight is 401 g/mol. The molecule has 4 rings (SSSR count). The van der Waals surface area contributed by atoms with Crippen molar-refractivity contribution in [1.29, 1.82) is 0 Å². The molecule has 2 aliphatic heterocycles. The van der Waals surface area contributed by atoms with E-state index in [4.69, 9.17) is 18.9 Å². The van der Waals surface area contributed by atoms with Crippen LogP contribution in [0.25, 0.3) is 0 Å². The van der Waals surface area contributed by atoms with Gasteiger partial charge in [-0.05, 0) is 31.2 Å². The lowest BCUT2D eigenvalue weighted by atomic mass is 10.1. The van der Waals surface area contributed by atoms with Crippen LogP contribution in [0.5, 0.6) is 23.0 Å². The molecule has 0 aliphatic carbocycles. The number of thioether (sulfide) groups is 1. The predicted molar refractivity (Wildman–Crippen MR) is 107 cm³/mol. The van der Waals surface area contributed by atoms with Crippen LogP contribution in [0, 0.1) is 0 Å². The Bertz CT molecular complexity index is 857. The molecule has 0 radical (unpaired) electrons. The third-order valence-corrected chi connectivity index (χ3v) is 5.60. The zero-order valence-corrected chi connectivity index (χ0v) is 16.6. The van der Waals surface area contributed by atoms with Crippen molar-refractivity contribution in [3.05, 3.63) is 42.0 Å². The van der Waals surface area contributed by atoms with Crippen molar-refractivity contribution in [2.24, 2.45) is 0 Å². The summed E-state index contributed by atoms with van der Waals surface area (Å²) in [6, 6.07) is 11.6. The number of para-hydroxylation sites is 1. The van der Waals surface area contributed by atoms with Gasteiger partial charge < -0.3 is 23.8 Å². The third-order valence-electron chi connectivity index (χ3n) is 4.62. The lowest BCUT2D eigenvalue weighted by Crippen LogP contribution is -2.32. The van der Waals surface area contributed by atoms with Crippen LogP contribution in [0.4, 0.5) is 0 Å². The Labute approximate surface area is 168 Å². The standard InChI is InChI=1S/C21H23NO5S/c1-2-22(13-15-4-3-5-18-21(15)27-11-10-25-18)20(23)14-28-16-6-7-17-19(12-16)26-9-8-24-17/h3-7,12H,2,8-11,13-14H2,1H3. The maximum atomic E-state index is 12.8. The van der Waals surface area contributed by atoms with Gasteiger partial charge in [-0.3, -0.25) is 4.79 Å². The van der Waals surface area contributed by atoms with Crippen LogP contribution in [0.3, 0.4) is 0 Å². The maximum Gasteiger partial charge on any atom is 0.233 e. The van der Waals surface area contributed by atoms with E-state index in [1.807, 2.05) is 48.2 Å². The van der Waals surface area contributed by atoms with Crippen molar-refractivity contribution in [3.8, 4) is 23.0 Å². The summed E-state index contributed by atoms with van der Waals surface area (Å²) in [5, 5.41) is 0. The molecule has 0 saturated carbocycles. The van der Waals surface area contributed by atoms with Crippen LogP contribution in [-0.2, 0) is 11.3 Å². The minimum Gasteiger partial charge on any atom is -0.486 e. The highest BCUT2D eigenvalue weighted by Gasteiger charge is 2.20. The van der Waals surface area contributed by atoms with Crippen molar-refractivity contribution >= 4 is 17.7 Å². The molecule has 28 heavy (non-hydrogen) atoms. The van der Waals surface area contributed by atoms with Gasteiger partial charge in [0.25, 0.3) is 0 Å². The van der Waals surface area contributed by atoms with Gasteiger partial charge in [0.1, 0.15) is 26.4 Å². The second kappa shape index (κ2) is 8.65. The summed E-state index contributed by atoms with van der Waals surface area (Å²) in [7, 11) is 0. The highest BCUT2D eigenvalue weighted by Crippen LogP contribution is 2.35. The number of fused-ring (bicyclic) bond motifs is 2. The largest absolute Gasteiger partial charge is 0.486 e. The normalized spacial score (nSPS) is 14.5. The Kier molecular flexibility index (Phi) is 5.81. The summed E-state index contributed by atoms with van der Waals surface area (Å²) >= 11 is 1.50. The van der Waals surface area contributed by atoms with E-state index < -0.39 is 0 Å². The number of hydrogen-bond acceptors (Lipinski definition) is 6. The molecule has 0 bridgehead atoms. The van der Waals surface area contributed by atoms with E-state index in [1.165, 1.54) is 11.8 Å². The Balaban J connectivity index is 1.39. The van der Waals surface area contributed by atoms with Crippen LogP contribution in [-0.4, -0.2) is 49.5 Å². The first-order valence-corrected chi connectivity index (χ1v) is 10.4. The molecule has 2 aromatic carbocycles. The zero-order valence-electron chi connectivity index (χ0n) is 15.8. The fourth-order valence-electron chi connectivity index (χ4n) is 3.19. The first-order chi connectivity index (χ1) is 13.7. The van der Waals surface area contributed by atoms with E-state index in [0.717, 1.165) is 33.5 Å². The molecule has 6 nitrogen and oxygen atoms in total. The molecular formula is C21H23NO5S. The number of carbonyl (C=O) groups excluding carboxylic acids is 1. The molecule has 0 atom stereocenters. The summed E-state index contributed by atoms with van der Waals surface area (Å²) < 4.78 is 22.6. The minimum atomic E-state index is 0.0803. The van der Waals surface area contributed by atoms with Gasteiger partial charge in [-0.1, -0.05) is 12.1 Å². The molecule has 1 amide bonds. The quantitative estimate of drug-likeness (QED) is 0.692. The zero-order chi connectivity index (χ0) is 19.3. The summed E-state index contributed by atoms with van der Waals surface area (Å²) in [6.07, 6.45) is 0. The Morgan fingerprint density at radius 3 is 2.54 bits per heavy atom. The minimum absolute atomic E-state index is 0.0803. The van der Waals surface area contributed by atoms with E-state index in [0.29, 0.717) is 45.3 Å². The van der Waals surface area contributed by atoms with Gasteiger partial charge >= 0.3 is 0 Å². The summed E-state index contributed by atoms with van der Waals surface area (Å²) in [6.45, 7) is 5.33. The third kappa shape index (κ3) is 4.14. The smallest absolute Gasteiger partial charge is 0.233 e. The van der Waals surface area contributed by atoms with Gasteiger partial charge in [0.2, 0.25) is 5.91 Å². The number of benzene rings is 2. The van der Waals surface area contributed by atoms with E-state index in [-0.39, 0.29) is 5.91 Å². The molecule has 0 spiro atoms. The topological polar surface area (TPSA) is 57.2 Å². The van der Waals surface area contributed by atoms with Crippen molar-refractivity contribution in [3.63, 3.8) is 0 Å². The Hall–Kier alpha value is -2.54. The van der Waals surface area contributed by atoms with Gasteiger partial charge in [-0.2, -0.15) is 0 Å². The van der Waals surface area contributed by atoms with E-state index in [9.17, 15) is 4.79 Å². The van der Waals surface area contributed by atoms with Gasteiger partial charge in [-0.25, -0.2) is 0 Å². The molecule has 2 heterocycles. The lowest BCUT2D eigenvalue weighted by Gasteiger charge is -2.25. The second-order valence-electron chi connectivity index (χ2n) is 6.44. The molecule has 0 fully saturated rings. The first-order valence-electron chi connectivity index (χ1n) is 9.42. The molecule has 0 N–H and O–H groups in total. The number of amides is 1. The summed E-state index contributed by atoms with van der Waals surface area (Å²) in [5.41, 5.74) is 0.969. The summed E-state index contributed by atoms with van der Waals surface area (Å²) in [5.74, 6) is 3.44. The van der Waals surface area contributed by atoms with Crippen molar-refractivity contribution in [2.45, 2.75) is 18.4 Å². The van der Waals surface area contributed by atoms with Gasteiger partial charge in [0, 0.05) is 23.5 Å². The first kappa shape index (κ1) is 18.8. The maximum absolute atomic E-state index is 12.8. The molecule has 7 heteroatoms. The lowest BCUT2D eigenvalue weighted by molar-refractivity contribution is -0.128. The number of ether oxygens (including phenoxy) is 4. The Morgan fingerprint density at radius 1 is 0.964 bits per heavy atom. The molecule has 0 unspecified atom stereocenters. The second-order valence-corrected chi connectivity index (χ2v) is 7.49. The fraction of sp³-hybridized carbons (Fsp3) is 0.381. The molecule has 0 aromatic heterocycles. The molecule has 148 valence electrons. The SMILES string of the molecule is CCN(Cc1cccc2c1OCCO2)C(=O)CSc1ccc2c(c1)OCCO2. The average Bonchev–Trinajstić information content (AvgIpc) is 2.75. The predicted octanol–water partition coefficient (Wildman–Crippen LogP) is 3.37. The van der Waals surface area contributed by atoms with Gasteiger partial charge in [0.15, 0.2) is 23.0 Å². The van der Waals surface area contributed by atoms with Crippen LogP contribution in [0.15, 0.2) is 41.3 Å². The van der Waals surface area contributed by atoms with Crippen LogP contribution in [0.1, 0.15) is 12.5 Å². The highest BCUT2D eigenvalue weighted by atomic mass is 32.2. The van der Waals surface area contributed by atoms with Crippen molar-refractivity contribution in [2.75, 3.05) is 38.7 Å². The van der Waals surface area contributed by atoms with E-state index >= 15 is 0 Å². The van der Waals surface area contributed by atoms with Gasteiger partial charge in [0.05, 0.1) is 5.75 Å². The van der Waals surface area contributed by atoms with E-state index in [1.54, 1.807) is 0 Å². The molecule has 2 aliphatic rings. The van der Waals surface area contributed by atoms with Crippen LogP contribution >= 0.6 is 11.8 Å². The van der Waals surface area contributed by atoms with Crippen LogP contribution < -0.4 is 18.9 Å². The highest BCUT2D eigenvalue weighted by molar-refractivity contribution is 8.00. The molecule has 0 saturated heterocycles. The monoisotopic (exact) mass is 401 g/mol. The molecular weight excluding hydrogens is 378 g/mol. The fourth-order valence-corrected chi connectivity index (χ4v) is 4.02. The van der Waals surface area contributed by atoms with Gasteiger partial charge in [-0.15, -0.1) is 11.8 Å². The van der Waals surface area contributed by atoms with Crippen molar-refractivity contribution in [1.82, 2.24) is 4.90 Å².